The first-order valence-electron chi connectivity index (χ1n) is 8.66. The van der Waals surface area contributed by atoms with Gasteiger partial charge in [-0.2, -0.15) is 4.98 Å². The molecule has 0 spiro atoms. The molecule has 9 nitrogen and oxygen atoms in total. The van der Waals surface area contributed by atoms with Gasteiger partial charge in [0.2, 0.25) is 5.95 Å². The Labute approximate surface area is 156 Å². The molecule has 0 saturated carbocycles. The third kappa shape index (κ3) is 3.97. The van der Waals surface area contributed by atoms with Gasteiger partial charge in [0, 0.05) is 18.3 Å². The van der Waals surface area contributed by atoms with E-state index in [1.165, 1.54) is 12.1 Å². The molecule has 2 heterocycles. The minimum Gasteiger partial charge on any atom is -0.447 e. The van der Waals surface area contributed by atoms with Gasteiger partial charge >= 0.3 is 6.09 Å². The predicted octanol–water partition coefficient (Wildman–Crippen LogP) is 3.54. The number of hydrogen-bond donors (Lipinski definition) is 1. The molecule has 1 saturated heterocycles. The number of cyclic esters (lactones) is 1. The Bertz CT molecular complexity index is 840. The number of rotatable bonds is 6. The van der Waals surface area contributed by atoms with Crippen molar-refractivity contribution in [3.63, 3.8) is 0 Å². The molecule has 1 aromatic heterocycles. The maximum Gasteiger partial charge on any atom is 0.415 e. The molecule has 1 aliphatic heterocycles. The van der Waals surface area contributed by atoms with Gasteiger partial charge in [-0.3, -0.25) is 15.0 Å². The van der Waals surface area contributed by atoms with Crippen LogP contribution < -0.4 is 10.2 Å². The van der Waals surface area contributed by atoms with Crippen LogP contribution >= 0.6 is 0 Å². The lowest BCUT2D eigenvalue weighted by molar-refractivity contribution is -0.384. The Morgan fingerprint density at radius 1 is 1.26 bits per heavy atom. The smallest absolute Gasteiger partial charge is 0.415 e. The number of nitrogens with one attached hydrogen (secondary N) is 1. The molecule has 0 radical (unpaired) electrons. The number of hydrogen-bond acceptors (Lipinski definition) is 7. The molecule has 1 aromatic carbocycles. The SMILES string of the molecule is CC(C)C1COC(=O)N1c1ccnc(N[C@@H](C)c2ccc([N+](=O)[O-])cc2)n1. The molecule has 1 N–H and O–H groups in total. The van der Waals surface area contributed by atoms with Crippen LogP contribution in [0, 0.1) is 16.0 Å². The summed E-state index contributed by atoms with van der Waals surface area (Å²) in [5, 5.41) is 13.9. The summed E-state index contributed by atoms with van der Waals surface area (Å²) in [6, 6.07) is 7.71. The average molecular weight is 371 g/mol. The molecule has 1 amide bonds. The number of ether oxygens (including phenoxy) is 1. The lowest BCUT2D eigenvalue weighted by Gasteiger charge is -2.23. The molecular weight excluding hydrogens is 350 g/mol. The number of non-ortho nitro benzene ring substituents is 1. The van der Waals surface area contributed by atoms with E-state index >= 15 is 0 Å². The predicted molar refractivity (Wildman–Crippen MR) is 99.6 cm³/mol. The monoisotopic (exact) mass is 371 g/mol. The zero-order valence-electron chi connectivity index (χ0n) is 15.3. The van der Waals surface area contributed by atoms with Gasteiger partial charge in [-0.1, -0.05) is 26.0 Å². The number of nitro benzene ring substituents is 1. The van der Waals surface area contributed by atoms with E-state index in [-0.39, 0.29) is 23.7 Å². The van der Waals surface area contributed by atoms with Crippen LogP contribution in [0.5, 0.6) is 0 Å². The van der Waals surface area contributed by atoms with Crippen molar-refractivity contribution in [2.24, 2.45) is 5.92 Å². The summed E-state index contributed by atoms with van der Waals surface area (Å²) >= 11 is 0. The zero-order chi connectivity index (χ0) is 19.6. The van der Waals surface area contributed by atoms with Crippen molar-refractivity contribution >= 4 is 23.5 Å². The van der Waals surface area contributed by atoms with Gasteiger partial charge in [0.25, 0.3) is 5.69 Å². The molecular formula is C18H21N5O4. The van der Waals surface area contributed by atoms with Crippen molar-refractivity contribution in [3.05, 3.63) is 52.2 Å². The molecule has 2 aromatic rings. The van der Waals surface area contributed by atoms with Crippen molar-refractivity contribution in [3.8, 4) is 0 Å². The normalized spacial score (nSPS) is 17.7. The summed E-state index contributed by atoms with van der Waals surface area (Å²) in [4.78, 5) is 32.6. The fourth-order valence-corrected chi connectivity index (χ4v) is 2.90. The molecule has 0 bridgehead atoms. The lowest BCUT2D eigenvalue weighted by atomic mass is 10.0. The quantitative estimate of drug-likeness (QED) is 0.611. The van der Waals surface area contributed by atoms with Crippen molar-refractivity contribution in [1.82, 2.24) is 9.97 Å². The van der Waals surface area contributed by atoms with E-state index in [4.69, 9.17) is 4.74 Å². The van der Waals surface area contributed by atoms with Crippen LogP contribution in [-0.2, 0) is 4.74 Å². The molecule has 0 aliphatic carbocycles. The van der Waals surface area contributed by atoms with Gasteiger partial charge < -0.3 is 10.1 Å². The van der Waals surface area contributed by atoms with Crippen LogP contribution in [0.15, 0.2) is 36.5 Å². The topological polar surface area (TPSA) is 110 Å². The van der Waals surface area contributed by atoms with Crippen molar-refractivity contribution in [2.75, 3.05) is 16.8 Å². The second-order valence-electron chi connectivity index (χ2n) is 6.71. The second-order valence-corrected chi connectivity index (χ2v) is 6.71. The molecule has 1 fully saturated rings. The van der Waals surface area contributed by atoms with E-state index in [0.717, 1.165) is 5.56 Å². The standard InChI is InChI=1S/C18H21N5O4/c1-11(2)15-10-27-18(24)22(15)16-8-9-19-17(21-16)20-12(3)13-4-6-14(7-5-13)23(25)26/h4-9,11-12,15H,10H2,1-3H3,(H,19,20,21)/t12-,15?/m0/s1. The maximum absolute atomic E-state index is 12.1. The minimum atomic E-state index is -0.436. The summed E-state index contributed by atoms with van der Waals surface area (Å²) in [5.74, 6) is 1.06. The van der Waals surface area contributed by atoms with Crippen LogP contribution in [0.2, 0.25) is 0 Å². The molecule has 1 unspecified atom stereocenters. The first-order valence-corrected chi connectivity index (χ1v) is 8.66. The summed E-state index contributed by atoms with van der Waals surface area (Å²) in [6.07, 6.45) is 1.16. The third-order valence-electron chi connectivity index (χ3n) is 4.51. The summed E-state index contributed by atoms with van der Waals surface area (Å²) in [5.41, 5.74) is 0.895. The highest BCUT2D eigenvalue weighted by Gasteiger charge is 2.37. The number of amides is 1. The summed E-state index contributed by atoms with van der Waals surface area (Å²) in [6.45, 7) is 6.29. The van der Waals surface area contributed by atoms with Crippen LogP contribution in [-0.4, -0.2) is 33.6 Å². The Kier molecular flexibility index (Phi) is 5.20. The molecule has 2 atom stereocenters. The second kappa shape index (κ2) is 7.56. The molecule has 9 heteroatoms. The molecule has 27 heavy (non-hydrogen) atoms. The summed E-state index contributed by atoms with van der Waals surface area (Å²) < 4.78 is 5.17. The highest BCUT2D eigenvalue weighted by molar-refractivity contribution is 5.89. The first kappa shape index (κ1) is 18.6. The zero-order valence-corrected chi connectivity index (χ0v) is 15.3. The largest absolute Gasteiger partial charge is 0.447 e. The van der Waals surface area contributed by atoms with Gasteiger partial charge in [0.15, 0.2) is 0 Å². The van der Waals surface area contributed by atoms with E-state index in [0.29, 0.717) is 18.4 Å². The van der Waals surface area contributed by atoms with Crippen LogP contribution in [0.1, 0.15) is 32.4 Å². The maximum atomic E-state index is 12.1. The molecule has 1 aliphatic rings. The first-order chi connectivity index (χ1) is 12.9. The van der Waals surface area contributed by atoms with Crippen molar-refractivity contribution in [2.45, 2.75) is 32.9 Å². The number of carbonyl (C=O) groups is 1. The molecule has 142 valence electrons. The van der Waals surface area contributed by atoms with Crippen molar-refractivity contribution < 1.29 is 14.5 Å². The Hall–Kier alpha value is -3.23. The van der Waals surface area contributed by atoms with Gasteiger partial charge in [-0.25, -0.2) is 9.78 Å². The highest BCUT2D eigenvalue weighted by Crippen LogP contribution is 2.27. The minimum absolute atomic E-state index is 0.0384. The van der Waals surface area contributed by atoms with E-state index in [1.807, 2.05) is 20.8 Å². The van der Waals surface area contributed by atoms with Gasteiger partial charge in [0.05, 0.1) is 17.0 Å². The number of nitrogens with zero attached hydrogens (tertiary/aromatic N) is 4. The van der Waals surface area contributed by atoms with Gasteiger partial charge in [-0.05, 0) is 24.5 Å². The fraction of sp³-hybridized carbons (Fsp3) is 0.389. The van der Waals surface area contributed by atoms with Crippen LogP contribution in [0.4, 0.5) is 22.2 Å². The van der Waals surface area contributed by atoms with Crippen molar-refractivity contribution in [1.29, 1.82) is 0 Å². The Balaban J connectivity index is 1.77. The lowest BCUT2D eigenvalue weighted by Crippen LogP contribution is -2.37. The number of aromatic nitrogens is 2. The Morgan fingerprint density at radius 2 is 1.96 bits per heavy atom. The number of anilines is 2. The Morgan fingerprint density at radius 3 is 2.59 bits per heavy atom. The summed E-state index contributed by atoms with van der Waals surface area (Å²) in [7, 11) is 0. The number of benzene rings is 1. The average Bonchev–Trinajstić information content (AvgIpc) is 3.04. The van der Waals surface area contributed by atoms with Crippen LogP contribution in [0.3, 0.4) is 0 Å². The van der Waals surface area contributed by atoms with Crippen LogP contribution in [0.25, 0.3) is 0 Å². The van der Waals surface area contributed by atoms with Gasteiger partial charge in [-0.15, -0.1) is 0 Å². The van der Waals surface area contributed by atoms with E-state index in [9.17, 15) is 14.9 Å². The van der Waals surface area contributed by atoms with E-state index < -0.39 is 11.0 Å². The number of nitro groups is 1. The number of carbonyl (C=O) groups excluding carboxylic acids is 1. The molecule has 3 rings (SSSR count). The third-order valence-corrected chi connectivity index (χ3v) is 4.51. The van der Waals surface area contributed by atoms with Gasteiger partial charge in [0.1, 0.15) is 12.4 Å². The fourth-order valence-electron chi connectivity index (χ4n) is 2.90. The highest BCUT2D eigenvalue weighted by atomic mass is 16.6. The van der Waals surface area contributed by atoms with E-state index in [2.05, 4.69) is 15.3 Å². The van der Waals surface area contributed by atoms with E-state index in [1.54, 1.807) is 29.3 Å².